The SMILES string of the molecule is CS(=O)(=O)N[C@@H]1[C@H](Cc2cccc(-c3cc(F)cc(F)c3)c2F)NCC1(F)F. The molecule has 10 heteroatoms. The molecule has 3 rings (SSSR count). The predicted octanol–water partition coefficient (Wildman–Crippen LogP) is 2.84. The minimum atomic E-state index is -3.92. The predicted molar refractivity (Wildman–Crippen MR) is 94.0 cm³/mol. The third-order valence-electron chi connectivity index (χ3n) is 4.49. The number of hydrogen-bond acceptors (Lipinski definition) is 3. The average Bonchev–Trinajstić information content (AvgIpc) is 2.82. The zero-order valence-electron chi connectivity index (χ0n) is 14.6. The second-order valence-corrected chi connectivity index (χ2v) is 8.54. The van der Waals surface area contributed by atoms with Crippen LogP contribution in [-0.4, -0.2) is 39.2 Å². The average molecular weight is 420 g/mol. The molecule has 2 aromatic rings. The van der Waals surface area contributed by atoms with Gasteiger partial charge in [0.15, 0.2) is 0 Å². The number of alkyl halides is 2. The molecular weight excluding hydrogens is 403 g/mol. The van der Waals surface area contributed by atoms with E-state index in [-0.39, 0.29) is 23.1 Å². The first-order valence-corrected chi connectivity index (χ1v) is 10.2. The van der Waals surface area contributed by atoms with Gasteiger partial charge in [-0.3, -0.25) is 0 Å². The van der Waals surface area contributed by atoms with Gasteiger partial charge in [-0.15, -0.1) is 0 Å². The van der Waals surface area contributed by atoms with Gasteiger partial charge in [0.05, 0.1) is 12.8 Å². The second-order valence-electron chi connectivity index (χ2n) is 6.76. The fraction of sp³-hybridized carbons (Fsp3) is 0.333. The molecule has 28 heavy (non-hydrogen) atoms. The minimum absolute atomic E-state index is 0.0117. The molecule has 1 aliphatic rings. The van der Waals surface area contributed by atoms with Crippen LogP contribution in [0.4, 0.5) is 22.0 Å². The normalized spacial score (nSPS) is 21.8. The van der Waals surface area contributed by atoms with Gasteiger partial charge in [-0.2, -0.15) is 0 Å². The maximum atomic E-state index is 14.9. The molecule has 152 valence electrons. The van der Waals surface area contributed by atoms with Crippen molar-refractivity contribution in [3.8, 4) is 11.1 Å². The van der Waals surface area contributed by atoms with Gasteiger partial charge in [-0.25, -0.2) is 35.1 Å². The van der Waals surface area contributed by atoms with Crippen LogP contribution in [-0.2, 0) is 16.4 Å². The molecule has 0 aliphatic carbocycles. The van der Waals surface area contributed by atoms with Crippen LogP contribution in [0.25, 0.3) is 11.1 Å². The van der Waals surface area contributed by atoms with Crippen molar-refractivity contribution in [2.45, 2.75) is 24.4 Å². The van der Waals surface area contributed by atoms with Crippen molar-refractivity contribution >= 4 is 10.0 Å². The molecular formula is C18H17F5N2O2S. The van der Waals surface area contributed by atoms with Gasteiger partial charge >= 0.3 is 0 Å². The van der Waals surface area contributed by atoms with Crippen LogP contribution in [0.5, 0.6) is 0 Å². The summed E-state index contributed by atoms with van der Waals surface area (Å²) >= 11 is 0. The Morgan fingerprint density at radius 3 is 2.39 bits per heavy atom. The Kier molecular flexibility index (Phi) is 5.48. The zero-order chi connectivity index (χ0) is 20.7. The molecule has 0 unspecified atom stereocenters. The third-order valence-corrected chi connectivity index (χ3v) is 5.17. The number of benzene rings is 2. The van der Waals surface area contributed by atoms with E-state index in [2.05, 4.69) is 5.32 Å². The van der Waals surface area contributed by atoms with Gasteiger partial charge in [-0.1, -0.05) is 18.2 Å². The summed E-state index contributed by atoms with van der Waals surface area (Å²) in [5.74, 6) is -5.93. The molecule has 1 fully saturated rings. The van der Waals surface area contributed by atoms with Gasteiger partial charge < -0.3 is 5.32 Å². The van der Waals surface area contributed by atoms with E-state index in [1.54, 1.807) is 0 Å². The quantitative estimate of drug-likeness (QED) is 0.732. The van der Waals surface area contributed by atoms with Crippen LogP contribution in [0.2, 0.25) is 0 Å². The number of halogens is 5. The molecule has 0 bridgehead atoms. The van der Waals surface area contributed by atoms with Crippen LogP contribution in [0.15, 0.2) is 36.4 Å². The lowest BCUT2D eigenvalue weighted by Gasteiger charge is -2.24. The van der Waals surface area contributed by atoms with Crippen molar-refractivity contribution in [3.05, 3.63) is 59.4 Å². The van der Waals surface area contributed by atoms with Crippen molar-refractivity contribution in [2.75, 3.05) is 12.8 Å². The van der Waals surface area contributed by atoms with E-state index >= 15 is 0 Å². The van der Waals surface area contributed by atoms with E-state index < -0.39 is 52.0 Å². The van der Waals surface area contributed by atoms with Crippen molar-refractivity contribution in [1.82, 2.24) is 10.0 Å². The summed E-state index contributed by atoms with van der Waals surface area (Å²) in [7, 11) is -3.92. The minimum Gasteiger partial charge on any atom is -0.306 e. The second kappa shape index (κ2) is 7.41. The molecule has 0 aromatic heterocycles. The fourth-order valence-electron chi connectivity index (χ4n) is 3.28. The van der Waals surface area contributed by atoms with E-state index in [1.807, 2.05) is 4.72 Å². The van der Waals surface area contributed by atoms with Crippen LogP contribution in [0.1, 0.15) is 5.56 Å². The molecule has 0 radical (unpaired) electrons. The Hall–Kier alpha value is -2.04. The summed E-state index contributed by atoms with van der Waals surface area (Å²) in [6, 6.07) is 3.85. The van der Waals surface area contributed by atoms with Gasteiger partial charge in [0.2, 0.25) is 10.0 Å². The summed E-state index contributed by atoms with van der Waals surface area (Å²) in [5.41, 5.74) is -0.113. The fourth-order valence-corrected chi connectivity index (χ4v) is 4.08. The summed E-state index contributed by atoms with van der Waals surface area (Å²) < 4.78 is 94.7. The highest BCUT2D eigenvalue weighted by Gasteiger charge is 2.51. The summed E-state index contributed by atoms with van der Waals surface area (Å²) in [4.78, 5) is 0. The van der Waals surface area contributed by atoms with Crippen LogP contribution >= 0.6 is 0 Å². The maximum absolute atomic E-state index is 14.9. The monoisotopic (exact) mass is 420 g/mol. The standard InChI is InChI=1S/C18H17F5N2O2S/c1-28(26,27)25-17-15(24-9-18(17,22)23)7-10-3-2-4-14(16(10)21)11-5-12(19)8-13(20)6-11/h2-6,8,15,17,24-25H,7,9H2,1H3/t15-,17+/m0/s1. The highest BCUT2D eigenvalue weighted by molar-refractivity contribution is 7.88. The van der Waals surface area contributed by atoms with E-state index in [0.717, 1.165) is 18.4 Å². The first-order chi connectivity index (χ1) is 13.0. The molecule has 2 N–H and O–H groups in total. The Balaban J connectivity index is 1.92. The molecule has 1 saturated heterocycles. The van der Waals surface area contributed by atoms with Gasteiger partial charge in [0.1, 0.15) is 23.5 Å². The Morgan fingerprint density at radius 1 is 1.14 bits per heavy atom. The maximum Gasteiger partial charge on any atom is 0.277 e. The molecule has 1 aliphatic heterocycles. The number of sulfonamides is 1. The van der Waals surface area contributed by atoms with E-state index in [4.69, 9.17) is 0 Å². The van der Waals surface area contributed by atoms with Gasteiger partial charge in [0.25, 0.3) is 5.92 Å². The van der Waals surface area contributed by atoms with E-state index in [1.165, 1.54) is 18.2 Å². The Morgan fingerprint density at radius 2 is 1.79 bits per heavy atom. The van der Waals surface area contributed by atoms with Gasteiger partial charge in [0, 0.05) is 17.7 Å². The van der Waals surface area contributed by atoms with Crippen LogP contribution in [0.3, 0.4) is 0 Å². The first-order valence-electron chi connectivity index (χ1n) is 8.28. The molecule has 4 nitrogen and oxygen atoms in total. The lowest BCUT2D eigenvalue weighted by atomic mass is 9.95. The van der Waals surface area contributed by atoms with Crippen molar-refractivity contribution in [1.29, 1.82) is 0 Å². The highest BCUT2D eigenvalue weighted by atomic mass is 32.2. The molecule has 2 atom stereocenters. The smallest absolute Gasteiger partial charge is 0.277 e. The topological polar surface area (TPSA) is 58.2 Å². The van der Waals surface area contributed by atoms with Crippen LogP contribution in [0, 0.1) is 17.5 Å². The lowest BCUT2D eigenvalue weighted by molar-refractivity contribution is -0.000841. The number of hydrogen-bond donors (Lipinski definition) is 2. The molecule has 0 amide bonds. The van der Waals surface area contributed by atoms with Gasteiger partial charge in [-0.05, 0) is 29.7 Å². The van der Waals surface area contributed by atoms with Crippen molar-refractivity contribution < 1.29 is 30.4 Å². The molecule has 0 saturated carbocycles. The van der Waals surface area contributed by atoms with Crippen LogP contribution < -0.4 is 10.0 Å². The number of nitrogens with one attached hydrogen (secondary N) is 2. The van der Waals surface area contributed by atoms with Crippen molar-refractivity contribution in [3.63, 3.8) is 0 Å². The number of rotatable bonds is 5. The van der Waals surface area contributed by atoms with Crippen molar-refractivity contribution in [2.24, 2.45) is 0 Å². The largest absolute Gasteiger partial charge is 0.306 e. The Labute approximate surface area is 158 Å². The molecule has 0 spiro atoms. The third kappa shape index (κ3) is 4.50. The highest BCUT2D eigenvalue weighted by Crippen LogP contribution is 2.31. The lowest BCUT2D eigenvalue weighted by Crippen LogP contribution is -2.51. The Bertz CT molecular complexity index is 977. The zero-order valence-corrected chi connectivity index (χ0v) is 15.5. The first kappa shape index (κ1) is 20.7. The summed E-state index contributed by atoms with van der Waals surface area (Å²) in [6.45, 7) is -0.763. The van der Waals surface area contributed by atoms with E-state index in [9.17, 15) is 30.4 Å². The summed E-state index contributed by atoms with van der Waals surface area (Å²) in [6.07, 6.45) is 0.512. The molecule has 1 heterocycles. The molecule has 2 aromatic carbocycles. The summed E-state index contributed by atoms with van der Waals surface area (Å²) in [5, 5.41) is 2.51. The van der Waals surface area contributed by atoms with E-state index in [0.29, 0.717) is 6.07 Å².